The molecule has 48 heavy (non-hydrogen) atoms. The first kappa shape index (κ1) is 27.2. The van der Waals surface area contributed by atoms with Crippen molar-refractivity contribution in [1.82, 2.24) is 15.0 Å². The molecule has 0 spiro atoms. The van der Waals surface area contributed by atoms with Gasteiger partial charge in [0.1, 0.15) is 0 Å². The summed E-state index contributed by atoms with van der Waals surface area (Å²) in [5.74, 6) is 2.29. The quantitative estimate of drug-likeness (QED) is 0.194. The van der Waals surface area contributed by atoms with Crippen molar-refractivity contribution in [3.63, 3.8) is 0 Å². The predicted octanol–water partition coefficient (Wildman–Crippen LogP) is 11.2. The van der Waals surface area contributed by atoms with Crippen molar-refractivity contribution in [3.05, 3.63) is 168 Å². The molecule has 6 aromatic carbocycles. The SMILES string of the molecule is C1=CC2c3ccccc3N(c3ccc(-c4nc(-c5ccccc5)nc(-c5ccc6c(c5)sc5ccccc56)n4)cc3)C2c2ccccc21. The van der Waals surface area contributed by atoms with Gasteiger partial charge in [-0.3, -0.25) is 0 Å². The van der Waals surface area contributed by atoms with Crippen molar-refractivity contribution in [2.75, 3.05) is 4.90 Å². The van der Waals surface area contributed by atoms with Crippen LogP contribution in [0.15, 0.2) is 152 Å². The Morgan fingerprint density at radius 3 is 1.96 bits per heavy atom. The fourth-order valence-electron chi connectivity index (χ4n) is 7.44. The molecule has 0 amide bonds. The normalized spacial score (nSPS) is 16.2. The van der Waals surface area contributed by atoms with Crippen LogP contribution in [-0.2, 0) is 0 Å². The molecular weight excluding hydrogens is 605 g/mol. The zero-order valence-corrected chi connectivity index (χ0v) is 26.7. The third-order valence-electron chi connectivity index (χ3n) is 9.68. The Bertz CT molecular complexity index is 2530. The maximum absolute atomic E-state index is 5.08. The maximum atomic E-state index is 5.08. The number of nitrogens with zero attached hydrogens (tertiary/aromatic N) is 4. The van der Waals surface area contributed by atoms with Crippen LogP contribution in [-0.4, -0.2) is 15.0 Å². The Kier molecular flexibility index (Phi) is 6.14. The maximum Gasteiger partial charge on any atom is 0.164 e. The first-order valence-corrected chi connectivity index (χ1v) is 17.1. The molecule has 10 rings (SSSR count). The Morgan fingerprint density at radius 2 is 1.12 bits per heavy atom. The summed E-state index contributed by atoms with van der Waals surface area (Å²) in [6.07, 6.45) is 4.65. The second-order valence-corrected chi connectivity index (χ2v) is 13.5. The van der Waals surface area contributed by atoms with Gasteiger partial charge in [0.2, 0.25) is 0 Å². The van der Waals surface area contributed by atoms with Crippen molar-refractivity contribution in [2.24, 2.45) is 0 Å². The van der Waals surface area contributed by atoms with Crippen LogP contribution < -0.4 is 4.90 Å². The number of anilines is 2. The third kappa shape index (κ3) is 4.32. The minimum atomic E-state index is 0.201. The number of thiophene rings is 1. The molecule has 0 saturated heterocycles. The van der Waals surface area contributed by atoms with Crippen molar-refractivity contribution in [2.45, 2.75) is 12.0 Å². The zero-order valence-electron chi connectivity index (χ0n) is 25.9. The second-order valence-electron chi connectivity index (χ2n) is 12.4. The molecular formula is C43H28N4S. The lowest BCUT2D eigenvalue weighted by Crippen LogP contribution is -2.23. The van der Waals surface area contributed by atoms with Crippen molar-refractivity contribution >= 4 is 49.0 Å². The van der Waals surface area contributed by atoms with Crippen LogP contribution in [0, 0.1) is 0 Å². The molecule has 2 unspecified atom stereocenters. The van der Waals surface area contributed by atoms with Crippen LogP contribution in [0.25, 0.3) is 60.4 Å². The molecule has 0 N–H and O–H groups in total. The number of fused-ring (bicyclic) bond motifs is 8. The first-order valence-electron chi connectivity index (χ1n) is 16.3. The highest BCUT2D eigenvalue weighted by molar-refractivity contribution is 7.25. The molecule has 4 nitrogen and oxygen atoms in total. The summed E-state index contributed by atoms with van der Waals surface area (Å²) < 4.78 is 2.51. The zero-order chi connectivity index (χ0) is 31.6. The van der Waals surface area contributed by atoms with Crippen LogP contribution in [0.1, 0.15) is 28.7 Å². The fourth-order valence-corrected chi connectivity index (χ4v) is 8.58. The fraction of sp³-hybridized carbons (Fsp3) is 0.0465. The Labute approximate surface area is 282 Å². The summed E-state index contributed by atoms with van der Waals surface area (Å²) in [6.45, 7) is 0. The number of benzene rings is 6. The van der Waals surface area contributed by atoms with Crippen LogP contribution in [0.2, 0.25) is 0 Å². The minimum Gasteiger partial charge on any atom is -0.333 e. The van der Waals surface area contributed by atoms with Gasteiger partial charge in [-0.1, -0.05) is 115 Å². The molecule has 2 aromatic heterocycles. The van der Waals surface area contributed by atoms with Gasteiger partial charge in [0.25, 0.3) is 0 Å². The topological polar surface area (TPSA) is 41.9 Å². The van der Waals surface area contributed by atoms with Gasteiger partial charge in [0.05, 0.1) is 6.04 Å². The predicted molar refractivity (Wildman–Crippen MR) is 199 cm³/mol. The molecule has 1 aliphatic carbocycles. The Morgan fingerprint density at radius 1 is 0.500 bits per heavy atom. The van der Waals surface area contributed by atoms with Crippen molar-refractivity contribution < 1.29 is 0 Å². The van der Waals surface area contributed by atoms with E-state index in [0.717, 1.165) is 22.4 Å². The average molecular weight is 633 g/mol. The molecule has 0 saturated carbocycles. The van der Waals surface area contributed by atoms with E-state index >= 15 is 0 Å². The molecule has 2 aliphatic rings. The number of aromatic nitrogens is 3. The second kappa shape index (κ2) is 10.8. The highest BCUT2D eigenvalue weighted by Gasteiger charge is 2.41. The largest absolute Gasteiger partial charge is 0.333 e. The smallest absolute Gasteiger partial charge is 0.164 e. The molecule has 8 aromatic rings. The molecule has 0 radical (unpaired) electrons. The summed E-state index contributed by atoms with van der Waals surface area (Å²) >= 11 is 1.80. The van der Waals surface area contributed by atoms with E-state index in [9.17, 15) is 0 Å². The Hall–Kier alpha value is -5.91. The summed E-state index contributed by atoms with van der Waals surface area (Å²) in [7, 11) is 0. The van der Waals surface area contributed by atoms with E-state index in [1.54, 1.807) is 11.3 Å². The highest BCUT2D eigenvalue weighted by atomic mass is 32.1. The summed E-state index contributed by atoms with van der Waals surface area (Å²) in [5, 5.41) is 2.54. The van der Waals surface area contributed by atoms with Gasteiger partial charge < -0.3 is 4.90 Å². The molecule has 0 fully saturated rings. The summed E-state index contributed by atoms with van der Waals surface area (Å²) in [5.41, 5.74) is 9.31. The van der Waals surface area contributed by atoms with Gasteiger partial charge in [0, 0.05) is 54.2 Å². The van der Waals surface area contributed by atoms with E-state index < -0.39 is 0 Å². The van der Waals surface area contributed by atoms with E-state index in [0.29, 0.717) is 23.4 Å². The Balaban J connectivity index is 1.08. The lowest BCUT2D eigenvalue weighted by atomic mass is 9.83. The average Bonchev–Trinajstić information content (AvgIpc) is 3.71. The van der Waals surface area contributed by atoms with E-state index in [4.69, 9.17) is 15.0 Å². The van der Waals surface area contributed by atoms with Gasteiger partial charge in [-0.05, 0) is 59.2 Å². The van der Waals surface area contributed by atoms with Crippen LogP contribution in [0.5, 0.6) is 0 Å². The van der Waals surface area contributed by atoms with E-state index in [1.165, 1.54) is 42.6 Å². The van der Waals surface area contributed by atoms with Gasteiger partial charge in [0.15, 0.2) is 17.5 Å². The highest BCUT2D eigenvalue weighted by Crippen LogP contribution is 2.55. The number of hydrogen-bond acceptors (Lipinski definition) is 5. The van der Waals surface area contributed by atoms with E-state index in [-0.39, 0.29) is 6.04 Å². The monoisotopic (exact) mass is 632 g/mol. The number of para-hydroxylation sites is 1. The minimum absolute atomic E-state index is 0.201. The van der Waals surface area contributed by atoms with Crippen LogP contribution in [0.4, 0.5) is 11.4 Å². The van der Waals surface area contributed by atoms with Crippen molar-refractivity contribution in [3.8, 4) is 34.2 Å². The number of hydrogen-bond donors (Lipinski definition) is 0. The van der Waals surface area contributed by atoms with Gasteiger partial charge in [-0.15, -0.1) is 11.3 Å². The van der Waals surface area contributed by atoms with Crippen LogP contribution in [0.3, 0.4) is 0 Å². The molecule has 0 bridgehead atoms. The molecule has 2 atom stereocenters. The third-order valence-corrected chi connectivity index (χ3v) is 10.8. The standard InChI is InChI=1S/C43H28N4S/c1-2-11-28(12-3-1)41-44-42(46-43(45-41)30-21-24-35-34-15-7-9-17-38(34)48-39(35)26-30)29-18-22-31(23-19-29)47-37-16-8-6-14-33(37)36-25-20-27-10-4-5-13-32(27)40(36)47/h1-26,36,40H. The summed E-state index contributed by atoms with van der Waals surface area (Å²) in [4.78, 5) is 17.6. The van der Waals surface area contributed by atoms with Gasteiger partial charge in [-0.2, -0.15) is 0 Å². The summed E-state index contributed by atoms with van der Waals surface area (Å²) in [6, 6.07) is 51.8. The molecule has 1 aliphatic heterocycles. The first-order chi connectivity index (χ1) is 23.8. The number of rotatable bonds is 4. The van der Waals surface area contributed by atoms with Gasteiger partial charge in [-0.25, -0.2) is 15.0 Å². The molecule has 3 heterocycles. The molecule has 5 heteroatoms. The van der Waals surface area contributed by atoms with Gasteiger partial charge >= 0.3 is 0 Å². The molecule has 226 valence electrons. The van der Waals surface area contributed by atoms with Crippen molar-refractivity contribution in [1.29, 1.82) is 0 Å². The lowest BCUT2D eigenvalue weighted by Gasteiger charge is -2.33. The lowest BCUT2D eigenvalue weighted by molar-refractivity contribution is 0.667. The van der Waals surface area contributed by atoms with E-state index in [1.807, 2.05) is 18.2 Å². The van der Waals surface area contributed by atoms with Crippen LogP contribution >= 0.6 is 11.3 Å². The van der Waals surface area contributed by atoms with E-state index in [2.05, 4.69) is 144 Å².